The second-order valence-corrected chi connectivity index (χ2v) is 5.46. The third-order valence-corrected chi connectivity index (χ3v) is 4.30. The first kappa shape index (κ1) is 14.2. The van der Waals surface area contributed by atoms with Crippen LogP contribution in [0.2, 0.25) is 0 Å². The van der Waals surface area contributed by atoms with Crippen LogP contribution >= 0.6 is 11.8 Å². The summed E-state index contributed by atoms with van der Waals surface area (Å²) in [6, 6.07) is 8.46. The zero-order valence-corrected chi connectivity index (χ0v) is 12.4. The summed E-state index contributed by atoms with van der Waals surface area (Å²) in [5.41, 5.74) is 1.88. The van der Waals surface area contributed by atoms with Gasteiger partial charge < -0.3 is 9.64 Å². The van der Waals surface area contributed by atoms with Crippen LogP contribution in [0, 0.1) is 11.3 Å². The number of thioether (sulfide) groups is 1. The predicted molar refractivity (Wildman–Crippen MR) is 79.8 cm³/mol. The fourth-order valence-corrected chi connectivity index (χ4v) is 3.13. The van der Waals surface area contributed by atoms with Gasteiger partial charge in [0.25, 0.3) is 0 Å². The Morgan fingerprint density at radius 3 is 2.74 bits per heavy atom. The lowest BCUT2D eigenvalue weighted by atomic mass is 10.1. The fourth-order valence-electron chi connectivity index (χ4n) is 2.56. The molecule has 0 aliphatic carbocycles. The highest BCUT2D eigenvalue weighted by molar-refractivity contribution is 7.98. The minimum atomic E-state index is 0.385. The van der Waals surface area contributed by atoms with E-state index in [0.29, 0.717) is 6.10 Å². The zero-order chi connectivity index (χ0) is 13.7. The summed E-state index contributed by atoms with van der Waals surface area (Å²) in [5, 5.41) is 9.38. The summed E-state index contributed by atoms with van der Waals surface area (Å²) in [7, 11) is 0. The van der Waals surface area contributed by atoms with E-state index in [2.05, 4.69) is 17.0 Å². The maximum Gasteiger partial charge on any atom is 0.103 e. The van der Waals surface area contributed by atoms with Crippen molar-refractivity contribution in [1.82, 2.24) is 0 Å². The number of ether oxygens (including phenoxy) is 1. The molecule has 0 saturated carbocycles. The molecule has 2 rings (SSSR count). The van der Waals surface area contributed by atoms with Crippen molar-refractivity contribution in [2.75, 3.05) is 30.9 Å². The molecule has 0 spiro atoms. The Hall–Kier alpha value is -1.18. The number of benzene rings is 1. The first-order valence-corrected chi connectivity index (χ1v) is 7.96. The van der Waals surface area contributed by atoms with Gasteiger partial charge in [-0.3, -0.25) is 0 Å². The molecule has 1 fully saturated rings. The Kier molecular flexibility index (Phi) is 5.12. The minimum Gasteiger partial charge on any atom is -0.378 e. The van der Waals surface area contributed by atoms with Gasteiger partial charge in [0, 0.05) is 24.6 Å². The van der Waals surface area contributed by atoms with Gasteiger partial charge >= 0.3 is 0 Å². The number of hydrogen-bond acceptors (Lipinski definition) is 4. The van der Waals surface area contributed by atoms with Crippen LogP contribution in [0.5, 0.6) is 0 Å². The van der Waals surface area contributed by atoms with E-state index in [1.165, 1.54) is 0 Å². The second kappa shape index (κ2) is 6.83. The smallest absolute Gasteiger partial charge is 0.103 e. The van der Waals surface area contributed by atoms with Crippen LogP contribution in [0.3, 0.4) is 0 Å². The van der Waals surface area contributed by atoms with Gasteiger partial charge in [-0.2, -0.15) is 5.26 Å². The molecule has 1 aliphatic rings. The van der Waals surface area contributed by atoms with Gasteiger partial charge in [-0.05, 0) is 38.2 Å². The Bertz CT molecular complexity index is 462. The summed E-state index contributed by atoms with van der Waals surface area (Å²) in [4.78, 5) is 3.38. The highest BCUT2D eigenvalue weighted by Crippen LogP contribution is 2.31. The normalized spacial score (nSPS) is 16.4. The largest absolute Gasteiger partial charge is 0.378 e. The van der Waals surface area contributed by atoms with Gasteiger partial charge in [-0.15, -0.1) is 11.8 Å². The van der Waals surface area contributed by atoms with E-state index in [1.54, 1.807) is 11.8 Å². The summed E-state index contributed by atoms with van der Waals surface area (Å²) in [5.74, 6) is 0. The van der Waals surface area contributed by atoms with E-state index in [4.69, 9.17) is 4.74 Å². The van der Waals surface area contributed by atoms with Gasteiger partial charge in [0.05, 0.1) is 17.4 Å². The molecule has 0 atom stereocenters. The second-order valence-electron chi connectivity index (χ2n) is 4.61. The average molecular weight is 276 g/mol. The highest BCUT2D eigenvalue weighted by atomic mass is 32.2. The predicted octanol–water partition coefficient (Wildman–Crippen LogP) is 3.29. The van der Waals surface area contributed by atoms with Crippen molar-refractivity contribution in [3.05, 3.63) is 23.8 Å². The maximum atomic E-state index is 9.38. The number of nitriles is 1. The van der Waals surface area contributed by atoms with Crippen LogP contribution in [0.15, 0.2) is 23.1 Å². The van der Waals surface area contributed by atoms with Gasteiger partial charge in [-0.1, -0.05) is 6.07 Å². The zero-order valence-electron chi connectivity index (χ0n) is 11.6. The van der Waals surface area contributed by atoms with Crippen molar-refractivity contribution in [2.45, 2.75) is 30.8 Å². The van der Waals surface area contributed by atoms with E-state index in [0.717, 1.165) is 48.7 Å². The monoisotopic (exact) mass is 276 g/mol. The average Bonchev–Trinajstić information content (AvgIpc) is 2.47. The Morgan fingerprint density at radius 2 is 2.16 bits per heavy atom. The topological polar surface area (TPSA) is 36.3 Å². The Morgan fingerprint density at radius 1 is 1.42 bits per heavy atom. The molecular weight excluding hydrogens is 256 g/mol. The van der Waals surface area contributed by atoms with Crippen molar-refractivity contribution >= 4 is 17.4 Å². The molecule has 3 nitrogen and oxygen atoms in total. The van der Waals surface area contributed by atoms with Crippen molar-refractivity contribution in [2.24, 2.45) is 0 Å². The third kappa shape index (κ3) is 3.23. The fraction of sp³-hybridized carbons (Fsp3) is 0.533. The van der Waals surface area contributed by atoms with Gasteiger partial charge in [0.2, 0.25) is 0 Å². The summed E-state index contributed by atoms with van der Waals surface area (Å²) in [6.45, 7) is 4.77. The highest BCUT2D eigenvalue weighted by Gasteiger charge is 2.22. The number of rotatable bonds is 4. The summed E-state index contributed by atoms with van der Waals surface area (Å²) < 4.78 is 5.67. The molecule has 102 valence electrons. The quantitative estimate of drug-likeness (QED) is 0.791. The molecule has 0 bridgehead atoms. The van der Waals surface area contributed by atoms with Crippen LogP contribution in [-0.2, 0) is 4.74 Å². The molecule has 1 aliphatic heterocycles. The third-order valence-electron chi connectivity index (χ3n) is 3.52. The lowest BCUT2D eigenvalue weighted by Crippen LogP contribution is -2.37. The molecule has 4 heteroatoms. The summed E-state index contributed by atoms with van der Waals surface area (Å²) in [6.07, 6.45) is 4.49. The number of piperidine rings is 1. The first-order chi connectivity index (χ1) is 9.30. The van der Waals surface area contributed by atoms with E-state index in [1.807, 2.05) is 25.3 Å². The van der Waals surface area contributed by atoms with E-state index in [-0.39, 0.29) is 0 Å². The van der Waals surface area contributed by atoms with E-state index >= 15 is 0 Å². The molecule has 1 saturated heterocycles. The molecular formula is C15H20N2OS. The van der Waals surface area contributed by atoms with E-state index in [9.17, 15) is 5.26 Å². The lowest BCUT2D eigenvalue weighted by Gasteiger charge is -2.34. The van der Waals surface area contributed by atoms with Crippen molar-refractivity contribution in [3.63, 3.8) is 0 Å². The number of anilines is 1. The Balaban J connectivity index is 2.14. The van der Waals surface area contributed by atoms with Crippen LogP contribution in [0.1, 0.15) is 25.3 Å². The molecule has 1 aromatic rings. The van der Waals surface area contributed by atoms with Crippen LogP contribution < -0.4 is 4.90 Å². The van der Waals surface area contributed by atoms with Crippen molar-refractivity contribution in [1.29, 1.82) is 5.26 Å². The minimum absolute atomic E-state index is 0.385. The summed E-state index contributed by atoms with van der Waals surface area (Å²) >= 11 is 1.63. The van der Waals surface area contributed by atoms with Gasteiger partial charge in [0.1, 0.15) is 6.07 Å². The first-order valence-electron chi connectivity index (χ1n) is 6.73. The molecule has 1 heterocycles. The molecule has 1 aromatic carbocycles. The number of nitrogens with zero attached hydrogens (tertiary/aromatic N) is 2. The van der Waals surface area contributed by atoms with Crippen LogP contribution in [-0.4, -0.2) is 32.1 Å². The lowest BCUT2D eigenvalue weighted by molar-refractivity contribution is 0.0459. The van der Waals surface area contributed by atoms with Crippen molar-refractivity contribution in [3.8, 4) is 6.07 Å². The molecule has 0 N–H and O–H groups in total. The van der Waals surface area contributed by atoms with Gasteiger partial charge in [-0.25, -0.2) is 0 Å². The number of hydrogen-bond donors (Lipinski definition) is 0. The molecule has 0 amide bonds. The SMILES string of the molecule is CCOC1CCN(c2cccc(SC)c2C#N)CC1. The van der Waals surface area contributed by atoms with Crippen LogP contribution in [0.4, 0.5) is 5.69 Å². The van der Waals surface area contributed by atoms with Gasteiger partial charge in [0.15, 0.2) is 0 Å². The maximum absolute atomic E-state index is 9.38. The van der Waals surface area contributed by atoms with E-state index < -0.39 is 0 Å². The molecule has 0 aromatic heterocycles. The standard InChI is InChI=1S/C15H20N2OS/c1-3-18-12-7-9-17(10-8-12)14-5-4-6-15(19-2)13(14)11-16/h4-6,12H,3,7-10H2,1-2H3. The Labute approximate surface area is 119 Å². The van der Waals surface area contributed by atoms with Crippen LogP contribution in [0.25, 0.3) is 0 Å². The molecule has 19 heavy (non-hydrogen) atoms. The van der Waals surface area contributed by atoms with Crippen molar-refractivity contribution < 1.29 is 4.74 Å². The molecule has 0 radical (unpaired) electrons. The molecule has 0 unspecified atom stereocenters.